The van der Waals surface area contributed by atoms with E-state index in [1.807, 2.05) is 51.4 Å². The molecule has 0 aliphatic heterocycles. The van der Waals surface area contributed by atoms with Crippen molar-refractivity contribution in [1.29, 1.82) is 0 Å². The third kappa shape index (κ3) is 4.17. The van der Waals surface area contributed by atoms with Crippen molar-refractivity contribution < 1.29 is 9.59 Å². The SMILES string of the molecule is CCC(=O)N(C)c1ccc(-c2ccc(C(=O)Cc3cnn(C)c3)nc2)cc1C. The summed E-state index contributed by atoms with van der Waals surface area (Å²) in [4.78, 5) is 30.4. The molecule has 1 aromatic carbocycles. The van der Waals surface area contributed by atoms with Crippen molar-refractivity contribution in [3.8, 4) is 11.1 Å². The Kier molecular flexibility index (Phi) is 5.68. The molecule has 1 amide bonds. The normalized spacial score (nSPS) is 10.7. The van der Waals surface area contributed by atoms with Gasteiger partial charge in [-0.1, -0.05) is 19.1 Å². The average Bonchev–Trinajstić information content (AvgIpc) is 3.11. The Hall–Kier alpha value is -3.28. The molecule has 2 heterocycles. The Morgan fingerprint density at radius 1 is 1.11 bits per heavy atom. The summed E-state index contributed by atoms with van der Waals surface area (Å²) in [6.07, 6.45) is 5.99. The molecule has 0 aliphatic carbocycles. The minimum absolute atomic E-state index is 0.0363. The zero-order valence-corrected chi connectivity index (χ0v) is 16.6. The van der Waals surface area contributed by atoms with Crippen molar-refractivity contribution in [2.45, 2.75) is 26.7 Å². The van der Waals surface area contributed by atoms with Crippen molar-refractivity contribution in [3.63, 3.8) is 0 Å². The molecule has 3 aromatic rings. The van der Waals surface area contributed by atoms with Crippen LogP contribution in [0.25, 0.3) is 11.1 Å². The number of Topliss-reactive ketones (excluding diaryl/α,β-unsaturated/α-hetero) is 1. The molecule has 0 saturated carbocycles. The molecule has 0 radical (unpaired) electrons. The van der Waals surface area contributed by atoms with Crippen LogP contribution in [0.4, 0.5) is 5.69 Å². The van der Waals surface area contributed by atoms with E-state index in [0.29, 0.717) is 12.1 Å². The fourth-order valence-corrected chi connectivity index (χ4v) is 3.15. The van der Waals surface area contributed by atoms with Crippen molar-refractivity contribution in [2.75, 3.05) is 11.9 Å². The van der Waals surface area contributed by atoms with E-state index in [1.165, 1.54) is 0 Å². The number of amides is 1. The largest absolute Gasteiger partial charge is 0.315 e. The van der Waals surface area contributed by atoms with E-state index in [4.69, 9.17) is 0 Å². The van der Waals surface area contributed by atoms with Gasteiger partial charge in [-0.25, -0.2) is 0 Å². The highest BCUT2D eigenvalue weighted by Crippen LogP contribution is 2.27. The highest BCUT2D eigenvalue weighted by atomic mass is 16.2. The Morgan fingerprint density at radius 3 is 2.43 bits per heavy atom. The summed E-state index contributed by atoms with van der Waals surface area (Å²) in [6, 6.07) is 9.60. The molecule has 6 heteroatoms. The van der Waals surface area contributed by atoms with Crippen molar-refractivity contribution in [3.05, 3.63) is 65.7 Å². The second-order valence-electron chi connectivity index (χ2n) is 6.86. The van der Waals surface area contributed by atoms with Crippen LogP contribution in [-0.4, -0.2) is 33.5 Å². The molecule has 0 aliphatic rings. The van der Waals surface area contributed by atoms with E-state index in [-0.39, 0.29) is 18.1 Å². The van der Waals surface area contributed by atoms with Gasteiger partial charge in [-0.3, -0.25) is 19.3 Å². The van der Waals surface area contributed by atoms with Gasteiger partial charge in [0.05, 0.1) is 6.20 Å². The van der Waals surface area contributed by atoms with E-state index in [1.54, 1.807) is 35.1 Å². The summed E-state index contributed by atoms with van der Waals surface area (Å²) in [5.41, 5.74) is 5.14. The number of carbonyl (C=O) groups excluding carboxylic acids is 2. The molecule has 3 rings (SSSR count). The molecular formula is C22H24N4O2. The average molecular weight is 376 g/mol. The van der Waals surface area contributed by atoms with Gasteiger partial charge in [0.1, 0.15) is 5.69 Å². The van der Waals surface area contributed by atoms with Crippen LogP contribution in [0.5, 0.6) is 0 Å². The van der Waals surface area contributed by atoms with E-state index >= 15 is 0 Å². The van der Waals surface area contributed by atoms with Crippen molar-refractivity contribution in [1.82, 2.24) is 14.8 Å². The summed E-state index contributed by atoms with van der Waals surface area (Å²) in [5, 5.41) is 4.08. The van der Waals surface area contributed by atoms with E-state index in [2.05, 4.69) is 10.1 Å². The number of hydrogen-bond donors (Lipinski definition) is 0. The van der Waals surface area contributed by atoms with Crippen LogP contribution in [-0.2, 0) is 18.3 Å². The molecule has 2 aromatic heterocycles. The zero-order chi connectivity index (χ0) is 20.3. The molecule has 6 nitrogen and oxygen atoms in total. The topological polar surface area (TPSA) is 68.1 Å². The highest BCUT2D eigenvalue weighted by molar-refractivity contribution is 5.96. The summed E-state index contributed by atoms with van der Waals surface area (Å²) in [6.45, 7) is 3.84. The van der Waals surface area contributed by atoms with E-state index in [0.717, 1.165) is 27.9 Å². The van der Waals surface area contributed by atoms with Gasteiger partial charge in [0.15, 0.2) is 5.78 Å². The van der Waals surface area contributed by atoms with Crippen LogP contribution in [0.15, 0.2) is 48.9 Å². The third-order valence-electron chi connectivity index (χ3n) is 4.74. The van der Waals surface area contributed by atoms with Crippen LogP contribution in [0.3, 0.4) is 0 Å². The Balaban J connectivity index is 1.77. The van der Waals surface area contributed by atoms with Crippen LogP contribution >= 0.6 is 0 Å². The first-order valence-electron chi connectivity index (χ1n) is 9.23. The Labute approximate surface area is 164 Å². The predicted octanol–water partition coefficient (Wildman–Crippen LogP) is 3.59. The van der Waals surface area contributed by atoms with Crippen LogP contribution < -0.4 is 4.90 Å². The smallest absolute Gasteiger partial charge is 0.226 e. The van der Waals surface area contributed by atoms with Crippen LogP contribution in [0, 0.1) is 6.92 Å². The van der Waals surface area contributed by atoms with Gasteiger partial charge < -0.3 is 4.90 Å². The van der Waals surface area contributed by atoms with E-state index in [9.17, 15) is 9.59 Å². The van der Waals surface area contributed by atoms with Gasteiger partial charge in [-0.15, -0.1) is 0 Å². The molecule has 144 valence electrons. The minimum atomic E-state index is -0.0363. The zero-order valence-electron chi connectivity index (χ0n) is 16.6. The lowest BCUT2D eigenvalue weighted by atomic mass is 10.0. The number of hydrogen-bond acceptors (Lipinski definition) is 4. The highest BCUT2D eigenvalue weighted by Gasteiger charge is 2.13. The fraction of sp³-hybridized carbons (Fsp3) is 0.273. The predicted molar refractivity (Wildman–Crippen MR) is 109 cm³/mol. The van der Waals surface area contributed by atoms with Gasteiger partial charge in [-0.2, -0.15) is 5.10 Å². The van der Waals surface area contributed by atoms with Gasteiger partial charge in [0, 0.05) is 50.6 Å². The molecule has 0 fully saturated rings. The summed E-state index contributed by atoms with van der Waals surface area (Å²) in [7, 11) is 3.61. The molecule has 0 atom stereocenters. The maximum Gasteiger partial charge on any atom is 0.226 e. The summed E-state index contributed by atoms with van der Waals surface area (Å²) < 4.78 is 1.68. The van der Waals surface area contributed by atoms with Gasteiger partial charge >= 0.3 is 0 Å². The lowest BCUT2D eigenvalue weighted by Gasteiger charge is -2.19. The maximum atomic E-state index is 12.4. The van der Waals surface area contributed by atoms with Gasteiger partial charge in [0.2, 0.25) is 5.91 Å². The summed E-state index contributed by atoms with van der Waals surface area (Å²) in [5.74, 6) is 0.0415. The number of pyridine rings is 1. The molecule has 28 heavy (non-hydrogen) atoms. The maximum absolute atomic E-state index is 12.4. The molecule has 0 spiro atoms. The Bertz CT molecular complexity index is 1010. The molecule has 0 unspecified atom stereocenters. The number of anilines is 1. The van der Waals surface area contributed by atoms with Gasteiger partial charge in [-0.05, 0) is 41.8 Å². The fourth-order valence-electron chi connectivity index (χ4n) is 3.15. The Morgan fingerprint density at radius 2 is 1.86 bits per heavy atom. The van der Waals surface area contributed by atoms with Gasteiger partial charge in [0.25, 0.3) is 0 Å². The lowest BCUT2D eigenvalue weighted by Crippen LogP contribution is -2.25. The number of nitrogens with zero attached hydrogens (tertiary/aromatic N) is 4. The monoisotopic (exact) mass is 376 g/mol. The quantitative estimate of drug-likeness (QED) is 0.617. The van der Waals surface area contributed by atoms with Crippen LogP contribution in [0.2, 0.25) is 0 Å². The number of rotatable bonds is 6. The summed E-state index contributed by atoms with van der Waals surface area (Å²) >= 11 is 0. The standard InChI is InChI=1S/C22H24N4O2/c1-5-22(28)26(4)20-9-7-17(10-15(20)2)18-6-8-19(23-13-18)21(27)11-16-12-24-25(3)14-16/h6-10,12-14H,5,11H2,1-4H3. The van der Waals surface area contributed by atoms with Crippen molar-refractivity contribution in [2.24, 2.45) is 7.05 Å². The molecule has 0 bridgehead atoms. The number of carbonyl (C=O) groups is 2. The number of aromatic nitrogens is 3. The second-order valence-corrected chi connectivity index (χ2v) is 6.86. The van der Waals surface area contributed by atoms with E-state index < -0.39 is 0 Å². The number of benzene rings is 1. The number of ketones is 1. The molecular weight excluding hydrogens is 352 g/mol. The first-order chi connectivity index (χ1) is 13.4. The van der Waals surface area contributed by atoms with Crippen molar-refractivity contribution >= 4 is 17.4 Å². The first-order valence-corrected chi connectivity index (χ1v) is 9.23. The third-order valence-corrected chi connectivity index (χ3v) is 4.74. The molecule has 0 saturated heterocycles. The lowest BCUT2D eigenvalue weighted by molar-refractivity contribution is -0.118. The second kappa shape index (κ2) is 8.17. The van der Waals surface area contributed by atoms with Crippen LogP contribution in [0.1, 0.15) is 35.0 Å². The first kappa shape index (κ1) is 19.5. The minimum Gasteiger partial charge on any atom is -0.315 e. The number of aryl methyl sites for hydroxylation is 2. The molecule has 0 N–H and O–H groups in total.